The third-order valence-corrected chi connectivity index (χ3v) is 8.18. The summed E-state index contributed by atoms with van der Waals surface area (Å²) in [4.78, 5) is 26.0. The third kappa shape index (κ3) is 4.49. The standard InChI is InChI=1S/C25H25N3O5S/c29-24-10-6-20-15-21(7-9-23(20)26-24)33-17-25(30)27-11-13-28(14-12-27)34(31,32)22-8-5-18-3-1-2-4-19(18)16-22/h1-5,7-9,15-16H,6,10-14,17H2,(H,26,29). The fourth-order valence-corrected chi connectivity index (χ4v) is 5.80. The second kappa shape index (κ2) is 9.08. The SMILES string of the molecule is O=C1CCc2cc(OCC(=O)N3CCN(S(=O)(=O)c4ccc5ccccc5c4)CC3)ccc2N1. The molecule has 5 rings (SSSR count). The molecule has 0 aromatic heterocycles. The van der Waals surface area contributed by atoms with Gasteiger partial charge in [-0.25, -0.2) is 8.42 Å². The van der Waals surface area contributed by atoms with E-state index in [1.807, 2.05) is 36.4 Å². The smallest absolute Gasteiger partial charge is 0.260 e. The zero-order valence-corrected chi connectivity index (χ0v) is 19.4. The van der Waals surface area contributed by atoms with Gasteiger partial charge in [-0.1, -0.05) is 30.3 Å². The molecule has 34 heavy (non-hydrogen) atoms. The zero-order chi connectivity index (χ0) is 23.7. The number of nitrogens with zero attached hydrogens (tertiary/aromatic N) is 2. The van der Waals surface area contributed by atoms with Gasteiger partial charge in [0.25, 0.3) is 5.91 Å². The molecule has 0 saturated carbocycles. The molecule has 1 fully saturated rings. The molecular weight excluding hydrogens is 454 g/mol. The molecule has 0 aliphatic carbocycles. The summed E-state index contributed by atoms with van der Waals surface area (Å²) in [6, 6.07) is 18.1. The Labute approximate surface area is 198 Å². The molecule has 2 aliphatic heterocycles. The van der Waals surface area contributed by atoms with Gasteiger partial charge in [0.2, 0.25) is 15.9 Å². The number of benzene rings is 3. The van der Waals surface area contributed by atoms with Gasteiger partial charge in [-0.15, -0.1) is 0 Å². The Hall–Kier alpha value is -3.43. The van der Waals surface area contributed by atoms with Crippen molar-refractivity contribution in [3.8, 4) is 5.75 Å². The molecule has 0 unspecified atom stereocenters. The predicted octanol–water partition coefficient (Wildman–Crippen LogP) is 2.64. The summed E-state index contributed by atoms with van der Waals surface area (Å²) < 4.78 is 33.4. The predicted molar refractivity (Wildman–Crippen MR) is 128 cm³/mol. The van der Waals surface area contributed by atoms with Crippen molar-refractivity contribution in [3.63, 3.8) is 0 Å². The summed E-state index contributed by atoms with van der Waals surface area (Å²) >= 11 is 0. The molecule has 9 heteroatoms. The number of piperazine rings is 1. The molecule has 3 aromatic rings. The molecule has 176 valence electrons. The van der Waals surface area contributed by atoms with E-state index in [0.29, 0.717) is 31.7 Å². The van der Waals surface area contributed by atoms with Crippen molar-refractivity contribution >= 4 is 38.3 Å². The second-order valence-electron chi connectivity index (χ2n) is 8.45. The number of rotatable bonds is 5. The van der Waals surface area contributed by atoms with E-state index in [4.69, 9.17) is 4.74 Å². The van der Waals surface area contributed by atoms with Crippen LogP contribution in [-0.2, 0) is 26.0 Å². The molecule has 1 saturated heterocycles. The van der Waals surface area contributed by atoms with E-state index in [9.17, 15) is 18.0 Å². The Morgan fingerprint density at radius 2 is 1.68 bits per heavy atom. The molecular formula is C25H25N3O5S. The Balaban J connectivity index is 1.17. The lowest BCUT2D eigenvalue weighted by molar-refractivity contribution is -0.134. The Morgan fingerprint density at radius 3 is 2.47 bits per heavy atom. The summed E-state index contributed by atoms with van der Waals surface area (Å²) in [5.41, 5.74) is 1.76. The van der Waals surface area contributed by atoms with Crippen LogP contribution in [0.1, 0.15) is 12.0 Å². The van der Waals surface area contributed by atoms with Crippen molar-refractivity contribution in [3.05, 3.63) is 66.2 Å². The highest BCUT2D eigenvalue weighted by Crippen LogP contribution is 2.27. The number of sulfonamides is 1. The van der Waals surface area contributed by atoms with E-state index in [-0.39, 0.29) is 36.4 Å². The minimum atomic E-state index is -3.64. The minimum Gasteiger partial charge on any atom is -0.484 e. The van der Waals surface area contributed by atoms with Crippen molar-refractivity contribution in [2.45, 2.75) is 17.7 Å². The van der Waals surface area contributed by atoms with E-state index >= 15 is 0 Å². The Bertz CT molecular complexity index is 1360. The van der Waals surface area contributed by atoms with E-state index in [1.165, 1.54) is 4.31 Å². The van der Waals surface area contributed by atoms with Gasteiger partial charge in [-0.05, 0) is 53.1 Å². The summed E-state index contributed by atoms with van der Waals surface area (Å²) in [7, 11) is -3.64. The van der Waals surface area contributed by atoms with Crippen LogP contribution in [0.15, 0.2) is 65.6 Å². The number of aryl methyl sites for hydroxylation is 1. The lowest BCUT2D eigenvalue weighted by Gasteiger charge is -2.34. The number of amides is 2. The maximum atomic E-state index is 13.1. The first-order valence-electron chi connectivity index (χ1n) is 11.2. The number of carbonyl (C=O) groups excluding carboxylic acids is 2. The van der Waals surface area contributed by atoms with Gasteiger partial charge in [0.05, 0.1) is 4.90 Å². The summed E-state index contributed by atoms with van der Waals surface area (Å²) in [5.74, 6) is 0.382. The second-order valence-corrected chi connectivity index (χ2v) is 10.4. The summed E-state index contributed by atoms with van der Waals surface area (Å²) in [5, 5.41) is 4.68. The number of carbonyl (C=O) groups is 2. The maximum absolute atomic E-state index is 13.1. The number of fused-ring (bicyclic) bond motifs is 2. The Morgan fingerprint density at radius 1 is 0.912 bits per heavy atom. The summed E-state index contributed by atoms with van der Waals surface area (Å²) in [6.07, 6.45) is 1.07. The topological polar surface area (TPSA) is 96.0 Å². The molecule has 2 aliphatic rings. The Kier molecular flexibility index (Phi) is 5.97. The van der Waals surface area contributed by atoms with E-state index in [0.717, 1.165) is 22.0 Å². The van der Waals surface area contributed by atoms with Crippen LogP contribution in [0.4, 0.5) is 5.69 Å². The van der Waals surface area contributed by atoms with Crippen LogP contribution in [0, 0.1) is 0 Å². The fourth-order valence-electron chi connectivity index (χ4n) is 4.34. The molecule has 2 amide bonds. The summed E-state index contributed by atoms with van der Waals surface area (Å²) in [6.45, 7) is 0.970. The molecule has 0 radical (unpaired) electrons. The average Bonchev–Trinajstić information content (AvgIpc) is 2.87. The van der Waals surface area contributed by atoms with Gasteiger partial charge in [0.1, 0.15) is 5.75 Å². The average molecular weight is 480 g/mol. The maximum Gasteiger partial charge on any atom is 0.260 e. The highest BCUT2D eigenvalue weighted by molar-refractivity contribution is 7.89. The number of anilines is 1. The van der Waals surface area contributed by atoms with Crippen molar-refractivity contribution in [1.29, 1.82) is 0 Å². The van der Waals surface area contributed by atoms with Crippen LogP contribution in [0.5, 0.6) is 5.75 Å². The zero-order valence-electron chi connectivity index (χ0n) is 18.6. The number of hydrogen-bond acceptors (Lipinski definition) is 5. The fraction of sp³-hybridized carbons (Fsp3) is 0.280. The third-order valence-electron chi connectivity index (χ3n) is 6.28. The highest BCUT2D eigenvalue weighted by Gasteiger charge is 2.30. The molecule has 1 N–H and O–H groups in total. The first-order chi connectivity index (χ1) is 16.4. The monoisotopic (exact) mass is 479 g/mol. The first kappa shape index (κ1) is 22.4. The van der Waals surface area contributed by atoms with E-state index < -0.39 is 10.0 Å². The molecule has 2 heterocycles. The highest BCUT2D eigenvalue weighted by atomic mass is 32.2. The van der Waals surface area contributed by atoms with Gasteiger partial charge < -0.3 is 15.0 Å². The van der Waals surface area contributed by atoms with Crippen molar-refractivity contribution < 1.29 is 22.7 Å². The van der Waals surface area contributed by atoms with Gasteiger partial charge in [-0.2, -0.15) is 4.31 Å². The largest absolute Gasteiger partial charge is 0.484 e. The van der Waals surface area contributed by atoms with Crippen LogP contribution < -0.4 is 10.1 Å². The van der Waals surface area contributed by atoms with Crippen LogP contribution in [0.2, 0.25) is 0 Å². The number of ether oxygens (including phenoxy) is 1. The molecule has 3 aromatic carbocycles. The van der Waals surface area contributed by atoms with Crippen LogP contribution in [-0.4, -0.2) is 62.2 Å². The number of hydrogen-bond donors (Lipinski definition) is 1. The molecule has 0 spiro atoms. The lowest BCUT2D eigenvalue weighted by atomic mass is 10.0. The van der Waals surface area contributed by atoms with Crippen molar-refractivity contribution in [2.75, 3.05) is 38.1 Å². The van der Waals surface area contributed by atoms with Crippen LogP contribution in [0.3, 0.4) is 0 Å². The molecule has 0 bridgehead atoms. The van der Waals surface area contributed by atoms with Gasteiger partial charge in [0.15, 0.2) is 6.61 Å². The van der Waals surface area contributed by atoms with Crippen molar-refractivity contribution in [1.82, 2.24) is 9.21 Å². The number of nitrogens with one attached hydrogen (secondary N) is 1. The minimum absolute atomic E-state index is 0.00174. The normalized spacial score (nSPS) is 16.7. The van der Waals surface area contributed by atoms with Gasteiger partial charge >= 0.3 is 0 Å². The first-order valence-corrected chi connectivity index (χ1v) is 12.7. The van der Waals surface area contributed by atoms with Gasteiger partial charge in [-0.3, -0.25) is 9.59 Å². The van der Waals surface area contributed by atoms with E-state index in [2.05, 4.69) is 5.32 Å². The molecule has 8 nitrogen and oxygen atoms in total. The molecule has 0 atom stereocenters. The van der Waals surface area contributed by atoms with Crippen LogP contribution >= 0.6 is 0 Å². The lowest BCUT2D eigenvalue weighted by Crippen LogP contribution is -2.51. The van der Waals surface area contributed by atoms with Crippen molar-refractivity contribution in [2.24, 2.45) is 0 Å². The van der Waals surface area contributed by atoms with E-state index in [1.54, 1.807) is 29.2 Å². The quantitative estimate of drug-likeness (QED) is 0.607. The van der Waals surface area contributed by atoms with Crippen LogP contribution in [0.25, 0.3) is 10.8 Å². The van der Waals surface area contributed by atoms with Gasteiger partial charge in [0, 0.05) is 38.3 Å².